The van der Waals surface area contributed by atoms with E-state index in [1.165, 1.54) is 0 Å². The van der Waals surface area contributed by atoms with Gasteiger partial charge in [0.05, 0.1) is 23.9 Å². The summed E-state index contributed by atoms with van der Waals surface area (Å²) in [7, 11) is 0. The van der Waals surface area contributed by atoms with Gasteiger partial charge in [0, 0.05) is 11.9 Å². The van der Waals surface area contributed by atoms with E-state index < -0.39 is 12.0 Å². The van der Waals surface area contributed by atoms with Crippen LogP contribution in [-0.2, 0) is 4.74 Å². The van der Waals surface area contributed by atoms with Crippen molar-refractivity contribution in [2.24, 2.45) is 0 Å². The molecule has 2 aromatic heterocycles. The molecule has 1 atom stereocenters. The highest BCUT2D eigenvalue weighted by molar-refractivity contribution is 6.00. The van der Waals surface area contributed by atoms with E-state index >= 15 is 0 Å². The Kier molecular flexibility index (Phi) is 5.89. The van der Waals surface area contributed by atoms with Gasteiger partial charge in [0.15, 0.2) is 0 Å². The minimum absolute atomic E-state index is 0.278. The summed E-state index contributed by atoms with van der Waals surface area (Å²) in [5.74, 6) is -0.743. The first-order valence-electron chi connectivity index (χ1n) is 9.16. The number of hydrogen-bond acceptors (Lipinski definition) is 4. The molecule has 0 fully saturated rings. The number of nitrogens with one attached hydrogen (secondary N) is 2. The van der Waals surface area contributed by atoms with Gasteiger partial charge < -0.3 is 15.0 Å². The number of ether oxygens (including phenoxy) is 1. The fraction of sp³-hybridized carbons (Fsp3) is 0.227. The van der Waals surface area contributed by atoms with Crippen molar-refractivity contribution in [3.63, 3.8) is 0 Å². The number of pyridine rings is 1. The number of aromatic nitrogens is 2. The van der Waals surface area contributed by atoms with E-state index in [-0.39, 0.29) is 12.5 Å². The van der Waals surface area contributed by atoms with Crippen molar-refractivity contribution >= 4 is 11.9 Å². The summed E-state index contributed by atoms with van der Waals surface area (Å²) in [5.41, 5.74) is 3.57. The summed E-state index contributed by atoms with van der Waals surface area (Å²) >= 11 is 0. The quantitative estimate of drug-likeness (QED) is 0.641. The highest BCUT2D eigenvalue weighted by atomic mass is 16.5. The lowest BCUT2D eigenvalue weighted by molar-refractivity contribution is 0.0525. The molecule has 0 spiro atoms. The molecule has 3 aromatic rings. The SMILES string of the molecule is CCOC(=O)c1c(C)[nH]c(C(=O)NC(c2ccccc2)c2ccccn2)c1C. The molecule has 0 aliphatic rings. The normalized spacial score (nSPS) is 11.7. The Bertz CT molecular complexity index is 926. The number of hydrogen-bond donors (Lipinski definition) is 2. The first kappa shape index (κ1) is 19.4. The van der Waals surface area contributed by atoms with Crippen LogP contribution in [-0.4, -0.2) is 28.5 Å². The molecule has 144 valence electrons. The number of aryl methyl sites for hydroxylation is 1. The largest absolute Gasteiger partial charge is 0.462 e. The fourth-order valence-electron chi connectivity index (χ4n) is 3.21. The van der Waals surface area contributed by atoms with Crippen LogP contribution < -0.4 is 5.32 Å². The molecule has 0 saturated carbocycles. The van der Waals surface area contributed by atoms with Crippen molar-refractivity contribution in [3.8, 4) is 0 Å². The number of aromatic amines is 1. The smallest absolute Gasteiger partial charge is 0.340 e. The summed E-state index contributed by atoms with van der Waals surface area (Å²) in [6.07, 6.45) is 1.69. The van der Waals surface area contributed by atoms with E-state index in [0.717, 1.165) is 11.3 Å². The van der Waals surface area contributed by atoms with Gasteiger partial charge in [-0.3, -0.25) is 9.78 Å². The molecule has 2 N–H and O–H groups in total. The van der Waals surface area contributed by atoms with Crippen molar-refractivity contribution in [2.45, 2.75) is 26.8 Å². The first-order chi connectivity index (χ1) is 13.5. The molecule has 0 aliphatic heterocycles. The number of carbonyl (C=O) groups excluding carboxylic acids is 2. The van der Waals surface area contributed by atoms with Crippen LogP contribution in [0.15, 0.2) is 54.7 Å². The molecule has 6 heteroatoms. The van der Waals surface area contributed by atoms with Gasteiger partial charge in [0.2, 0.25) is 0 Å². The van der Waals surface area contributed by atoms with Gasteiger partial charge in [-0.25, -0.2) is 4.79 Å². The average molecular weight is 377 g/mol. The molecule has 28 heavy (non-hydrogen) atoms. The van der Waals surface area contributed by atoms with Crippen LogP contribution in [0.25, 0.3) is 0 Å². The van der Waals surface area contributed by atoms with Crippen molar-refractivity contribution in [1.82, 2.24) is 15.3 Å². The third-order valence-electron chi connectivity index (χ3n) is 4.54. The molecule has 1 amide bonds. The zero-order valence-corrected chi connectivity index (χ0v) is 16.2. The first-order valence-corrected chi connectivity index (χ1v) is 9.16. The Morgan fingerprint density at radius 2 is 1.82 bits per heavy atom. The van der Waals surface area contributed by atoms with Crippen LogP contribution in [0.3, 0.4) is 0 Å². The zero-order valence-electron chi connectivity index (χ0n) is 16.2. The maximum atomic E-state index is 13.0. The minimum atomic E-state index is -0.433. The summed E-state index contributed by atoms with van der Waals surface area (Å²) in [6, 6.07) is 14.8. The fourth-order valence-corrected chi connectivity index (χ4v) is 3.21. The Labute approximate surface area is 164 Å². The van der Waals surface area contributed by atoms with Gasteiger partial charge in [-0.2, -0.15) is 0 Å². The molecule has 2 heterocycles. The predicted molar refractivity (Wildman–Crippen MR) is 106 cm³/mol. The highest BCUT2D eigenvalue weighted by Crippen LogP contribution is 2.23. The van der Waals surface area contributed by atoms with E-state index in [1.54, 1.807) is 27.0 Å². The Morgan fingerprint density at radius 3 is 2.46 bits per heavy atom. The maximum absolute atomic E-state index is 13.0. The number of benzene rings is 1. The Hall–Kier alpha value is -3.41. The summed E-state index contributed by atoms with van der Waals surface area (Å²) in [6.45, 7) is 5.52. The summed E-state index contributed by atoms with van der Waals surface area (Å²) in [5, 5.41) is 3.03. The molecule has 0 aliphatic carbocycles. The zero-order chi connectivity index (χ0) is 20.1. The van der Waals surface area contributed by atoms with E-state index in [0.29, 0.717) is 22.5 Å². The number of esters is 1. The molecule has 1 aromatic carbocycles. The third-order valence-corrected chi connectivity index (χ3v) is 4.54. The lowest BCUT2D eigenvalue weighted by Crippen LogP contribution is -2.30. The Morgan fingerprint density at radius 1 is 1.11 bits per heavy atom. The summed E-state index contributed by atoms with van der Waals surface area (Å²) in [4.78, 5) is 32.7. The van der Waals surface area contributed by atoms with Gasteiger partial charge in [0.1, 0.15) is 5.69 Å². The summed E-state index contributed by atoms with van der Waals surface area (Å²) < 4.78 is 5.10. The number of carbonyl (C=O) groups is 2. The van der Waals surface area contributed by atoms with Gasteiger partial charge >= 0.3 is 5.97 Å². The Balaban J connectivity index is 1.93. The van der Waals surface area contributed by atoms with Crippen LogP contribution in [0.4, 0.5) is 0 Å². The molecule has 1 unspecified atom stereocenters. The monoisotopic (exact) mass is 377 g/mol. The average Bonchev–Trinajstić information content (AvgIpc) is 3.01. The molecule has 0 bridgehead atoms. The standard InChI is InChI=1S/C22H23N3O3/c1-4-28-22(27)18-14(2)19(24-15(18)3)21(26)25-20(16-10-6-5-7-11-16)17-12-8-9-13-23-17/h5-13,20,24H,4H2,1-3H3,(H,25,26). The second kappa shape index (κ2) is 8.52. The van der Waals surface area contributed by atoms with Crippen LogP contribution >= 0.6 is 0 Å². The molecule has 0 radical (unpaired) electrons. The molecule has 6 nitrogen and oxygen atoms in total. The van der Waals surface area contributed by atoms with Gasteiger partial charge in [0.25, 0.3) is 5.91 Å². The lowest BCUT2D eigenvalue weighted by Gasteiger charge is -2.19. The second-order valence-electron chi connectivity index (χ2n) is 6.42. The highest BCUT2D eigenvalue weighted by Gasteiger charge is 2.25. The molecule has 0 saturated heterocycles. The van der Waals surface area contributed by atoms with Gasteiger partial charge in [-0.1, -0.05) is 36.4 Å². The van der Waals surface area contributed by atoms with E-state index in [1.807, 2.05) is 48.5 Å². The lowest BCUT2D eigenvalue weighted by atomic mass is 10.0. The third kappa shape index (κ3) is 3.96. The number of amides is 1. The van der Waals surface area contributed by atoms with E-state index in [2.05, 4.69) is 15.3 Å². The molecule has 3 rings (SSSR count). The van der Waals surface area contributed by atoms with Gasteiger partial charge in [-0.15, -0.1) is 0 Å². The second-order valence-corrected chi connectivity index (χ2v) is 6.42. The van der Waals surface area contributed by atoms with Crippen LogP contribution in [0.1, 0.15) is 56.3 Å². The molecular weight excluding hydrogens is 354 g/mol. The number of rotatable bonds is 6. The van der Waals surface area contributed by atoms with Crippen molar-refractivity contribution in [2.75, 3.05) is 6.61 Å². The van der Waals surface area contributed by atoms with Crippen LogP contribution in [0.5, 0.6) is 0 Å². The van der Waals surface area contributed by atoms with Crippen LogP contribution in [0.2, 0.25) is 0 Å². The topological polar surface area (TPSA) is 84.1 Å². The van der Waals surface area contributed by atoms with Gasteiger partial charge in [-0.05, 0) is 44.0 Å². The predicted octanol–water partition coefficient (Wildman–Crippen LogP) is 3.72. The minimum Gasteiger partial charge on any atom is -0.462 e. The van der Waals surface area contributed by atoms with Crippen molar-refractivity contribution < 1.29 is 14.3 Å². The van der Waals surface area contributed by atoms with Crippen molar-refractivity contribution in [1.29, 1.82) is 0 Å². The van der Waals surface area contributed by atoms with Crippen LogP contribution in [0, 0.1) is 13.8 Å². The maximum Gasteiger partial charge on any atom is 0.340 e. The van der Waals surface area contributed by atoms with E-state index in [4.69, 9.17) is 4.74 Å². The van der Waals surface area contributed by atoms with E-state index in [9.17, 15) is 9.59 Å². The number of H-pyrrole nitrogens is 1. The molecular formula is C22H23N3O3. The number of nitrogens with zero attached hydrogens (tertiary/aromatic N) is 1. The van der Waals surface area contributed by atoms with Crippen molar-refractivity contribution in [3.05, 3.63) is 88.5 Å².